The van der Waals surface area contributed by atoms with Crippen LogP contribution in [-0.2, 0) is 0 Å². The molecule has 0 amide bonds. The SMILES string of the molecule is N#CC(C#N)=C1C=CC=CN1/C(=C/c1ccc(F)cc1)C(=O)c1cccs1. The molecule has 0 aliphatic carbocycles. The first-order valence-corrected chi connectivity index (χ1v) is 8.76. The Hall–Kier alpha value is -3.74. The molecule has 3 rings (SSSR count). The molecule has 4 nitrogen and oxygen atoms in total. The highest BCUT2D eigenvalue weighted by molar-refractivity contribution is 7.12. The van der Waals surface area contributed by atoms with E-state index in [1.165, 1.54) is 28.4 Å². The number of ketones is 1. The second-order valence-corrected chi connectivity index (χ2v) is 6.39. The summed E-state index contributed by atoms with van der Waals surface area (Å²) in [6, 6.07) is 12.9. The van der Waals surface area contributed by atoms with Gasteiger partial charge in [-0.05, 0) is 47.4 Å². The fraction of sp³-hybridized carbons (Fsp3) is 0. The highest BCUT2D eigenvalue weighted by atomic mass is 32.1. The van der Waals surface area contributed by atoms with Gasteiger partial charge in [0.1, 0.15) is 18.0 Å². The van der Waals surface area contributed by atoms with Crippen molar-refractivity contribution in [1.82, 2.24) is 4.90 Å². The standard InChI is InChI=1S/C21H12FN3OS/c22-17-8-6-15(7-9-17)12-19(21(26)20-5-3-11-27-20)25-10-2-1-4-18(25)16(13-23)14-24/h1-12H/b19-12+. The molecule has 1 aromatic heterocycles. The van der Waals surface area contributed by atoms with E-state index in [4.69, 9.17) is 0 Å². The van der Waals surface area contributed by atoms with Crippen molar-refractivity contribution in [3.8, 4) is 12.1 Å². The van der Waals surface area contributed by atoms with Gasteiger partial charge in [-0.15, -0.1) is 11.3 Å². The molecule has 0 radical (unpaired) electrons. The normalized spacial score (nSPS) is 13.2. The molecule has 0 saturated carbocycles. The van der Waals surface area contributed by atoms with E-state index in [2.05, 4.69) is 0 Å². The van der Waals surface area contributed by atoms with Gasteiger partial charge < -0.3 is 4.90 Å². The number of hydrogen-bond donors (Lipinski definition) is 0. The van der Waals surface area contributed by atoms with Crippen LogP contribution in [0, 0.1) is 28.5 Å². The van der Waals surface area contributed by atoms with E-state index in [0.29, 0.717) is 16.1 Å². The Balaban J connectivity index is 2.16. The highest BCUT2D eigenvalue weighted by Crippen LogP contribution is 2.27. The Labute approximate surface area is 159 Å². The number of hydrogen-bond acceptors (Lipinski definition) is 5. The summed E-state index contributed by atoms with van der Waals surface area (Å²) in [5.74, 6) is -0.641. The molecule has 2 heterocycles. The molecule has 0 unspecified atom stereocenters. The Kier molecular flexibility index (Phi) is 5.41. The van der Waals surface area contributed by atoms with E-state index in [1.807, 2.05) is 12.1 Å². The Bertz CT molecular complexity index is 1050. The van der Waals surface area contributed by atoms with Crippen LogP contribution in [0.4, 0.5) is 4.39 Å². The molecule has 0 bridgehead atoms. The van der Waals surface area contributed by atoms with E-state index >= 15 is 0 Å². The number of benzene rings is 1. The number of carbonyl (C=O) groups is 1. The fourth-order valence-electron chi connectivity index (χ4n) is 2.49. The average molecular weight is 373 g/mol. The van der Waals surface area contributed by atoms with E-state index in [0.717, 1.165) is 0 Å². The summed E-state index contributed by atoms with van der Waals surface area (Å²) in [6.45, 7) is 0. The van der Waals surface area contributed by atoms with Crippen LogP contribution in [0.25, 0.3) is 6.08 Å². The van der Waals surface area contributed by atoms with Crippen molar-refractivity contribution >= 4 is 23.2 Å². The molecule has 27 heavy (non-hydrogen) atoms. The number of allylic oxidation sites excluding steroid dienone is 5. The lowest BCUT2D eigenvalue weighted by atomic mass is 10.1. The lowest BCUT2D eigenvalue weighted by Gasteiger charge is -2.25. The number of halogens is 1. The summed E-state index contributed by atoms with van der Waals surface area (Å²) < 4.78 is 13.2. The maximum absolute atomic E-state index is 13.2. The Morgan fingerprint density at radius 3 is 2.48 bits per heavy atom. The monoisotopic (exact) mass is 373 g/mol. The van der Waals surface area contributed by atoms with E-state index in [1.54, 1.807) is 60.1 Å². The summed E-state index contributed by atoms with van der Waals surface area (Å²) in [5.41, 5.74) is 1.07. The number of rotatable bonds is 4. The largest absolute Gasteiger partial charge is 0.312 e. The predicted octanol–water partition coefficient (Wildman–Crippen LogP) is 4.80. The summed E-state index contributed by atoms with van der Waals surface area (Å²) in [7, 11) is 0. The molecule has 2 aromatic rings. The van der Waals surface area contributed by atoms with Gasteiger partial charge in [0, 0.05) is 6.20 Å². The van der Waals surface area contributed by atoms with Gasteiger partial charge >= 0.3 is 0 Å². The van der Waals surface area contributed by atoms with Crippen molar-refractivity contribution < 1.29 is 9.18 Å². The molecule has 0 N–H and O–H groups in total. The first kappa shape index (κ1) is 18.1. The third kappa shape index (κ3) is 3.92. The zero-order valence-electron chi connectivity index (χ0n) is 14.0. The van der Waals surface area contributed by atoms with Crippen LogP contribution < -0.4 is 0 Å². The first-order chi connectivity index (χ1) is 13.1. The summed E-state index contributed by atoms with van der Waals surface area (Å²) >= 11 is 1.29. The fourth-order valence-corrected chi connectivity index (χ4v) is 3.16. The first-order valence-electron chi connectivity index (χ1n) is 7.88. The van der Waals surface area contributed by atoms with Gasteiger partial charge in [0.2, 0.25) is 5.78 Å². The van der Waals surface area contributed by atoms with Gasteiger partial charge in [-0.2, -0.15) is 10.5 Å². The van der Waals surface area contributed by atoms with Crippen molar-refractivity contribution in [3.05, 3.63) is 99.4 Å². The van der Waals surface area contributed by atoms with Crippen molar-refractivity contribution in [3.63, 3.8) is 0 Å². The van der Waals surface area contributed by atoms with Crippen LogP contribution in [0.2, 0.25) is 0 Å². The van der Waals surface area contributed by atoms with Crippen molar-refractivity contribution in [2.75, 3.05) is 0 Å². The number of Topliss-reactive ketones (excluding diaryl/α,β-unsaturated/α-hetero) is 1. The minimum Gasteiger partial charge on any atom is -0.312 e. The van der Waals surface area contributed by atoms with Crippen LogP contribution in [0.5, 0.6) is 0 Å². The molecule has 6 heteroatoms. The van der Waals surface area contributed by atoms with E-state index in [-0.39, 0.29) is 22.9 Å². The number of thiophene rings is 1. The summed E-state index contributed by atoms with van der Waals surface area (Å²) in [4.78, 5) is 15.1. The van der Waals surface area contributed by atoms with Crippen molar-refractivity contribution in [2.45, 2.75) is 0 Å². The van der Waals surface area contributed by atoms with Gasteiger partial charge in [-0.25, -0.2) is 4.39 Å². The molecule has 0 spiro atoms. The van der Waals surface area contributed by atoms with Gasteiger partial charge in [-0.1, -0.05) is 24.3 Å². The third-order valence-electron chi connectivity index (χ3n) is 3.75. The molecular formula is C21H12FN3OS. The number of nitrogens with zero attached hydrogens (tertiary/aromatic N) is 3. The Morgan fingerprint density at radius 2 is 1.85 bits per heavy atom. The van der Waals surface area contributed by atoms with Crippen LogP contribution in [0.3, 0.4) is 0 Å². The van der Waals surface area contributed by atoms with Crippen molar-refractivity contribution in [1.29, 1.82) is 10.5 Å². The van der Waals surface area contributed by atoms with Crippen LogP contribution >= 0.6 is 11.3 Å². The minimum absolute atomic E-state index is 0.111. The van der Waals surface area contributed by atoms with Gasteiger partial charge in [0.15, 0.2) is 5.57 Å². The molecule has 0 fully saturated rings. The van der Waals surface area contributed by atoms with Crippen LogP contribution in [0.15, 0.2) is 83.2 Å². The maximum Gasteiger partial charge on any atom is 0.219 e. The molecular weight excluding hydrogens is 361 g/mol. The average Bonchev–Trinajstić information content (AvgIpc) is 3.23. The van der Waals surface area contributed by atoms with E-state index in [9.17, 15) is 19.7 Å². The smallest absolute Gasteiger partial charge is 0.219 e. The maximum atomic E-state index is 13.2. The number of carbonyl (C=O) groups excluding carboxylic acids is 1. The molecule has 1 aliphatic rings. The van der Waals surface area contributed by atoms with Crippen LogP contribution in [-0.4, -0.2) is 10.7 Å². The molecule has 0 saturated heterocycles. The second-order valence-electron chi connectivity index (χ2n) is 5.44. The summed E-state index contributed by atoms with van der Waals surface area (Å²) in [5, 5.41) is 20.3. The number of nitriles is 2. The van der Waals surface area contributed by atoms with Gasteiger partial charge in [0.05, 0.1) is 16.3 Å². The highest BCUT2D eigenvalue weighted by Gasteiger charge is 2.24. The Morgan fingerprint density at radius 1 is 1.11 bits per heavy atom. The quantitative estimate of drug-likeness (QED) is 0.439. The van der Waals surface area contributed by atoms with Crippen molar-refractivity contribution in [2.24, 2.45) is 0 Å². The summed E-state index contributed by atoms with van der Waals surface area (Å²) in [6.07, 6.45) is 8.21. The van der Waals surface area contributed by atoms with Gasteiger partial charge in [-0.3, -0.25) is 4.79 Å². The topological polar surface area (TPSA) is 67.9 Å². The lowest BCUT2D eigenvalue weighted by molar-refractivity contribution is 0.101. The molecule has 130 valence electrons. The predicted molar refractivity (Wildman–Crippen MR) is 101 cm³/mol. The molecule has 1 aliphatic heterocycles. The lowest BCUT2D eigenvalue weighted by Crippen LogP contribution is -2.23. The zero-order chi connectivity index (χ0) is 19.2. The zero-order valence-corrected chi connectivity index (χ0v) is 14.8. The molecule has 0 atom stereocenters. The van der Waals surface area contributed by atoms with Gasteiger partial charge in [0.25, 0.3) is 0 Å². The molecule has 1 aromatic carbocycles. The van der Waals surface area contributed by atoms with Crippen LogP contribution in [0.1, 0.15) is 15.2 Å². The third-order valence-corrected chi connectivity index (χ3v) is 4.62. The second kappa shape index (κ2) is 8.09. The van der Waals surface area contributed by atoms with E-state index < -0.39 is 0 Å². The minimum atomic E-state index is -0.379.